The number of nitrogens with zero attached hydrogens (tertiary/aromatic N) is 7. The van der Waals surface area contributed by atoms with Crippen LogP contribution in [0.25, 0.3) is 22.6 Å². The maximum atomic E-state index is 13.1. The van der Waals surface area contributed by atoms with Crippen LogP contribution in [0.2, 0.25) is 0 Å². The average molecular weight is 445 g/mol. The summed E-state index contributed by atoms with van der Waals surface area (Å²) in [5.41, 5.74) is 3.09. The van der Waals surface area contributed by atoms with Gasteiger partial charge in [-0.3, -0.25) is 9.48 Å². The van der Waals surface area contributed by atoms with E-state index in [0.717, 1.165) is 23.6 Å². The van der Waals surface area contributed by atoms with E-state index in [1.807, 2.05) is 30.1 Å². The van der Waals surface area contributed by atoms with Gasteiger partial charge in [-0.25, -0.2) is 18.7 Å². The highest BCUT2D eigenvalue weighted by atomic mass is 19.3. The van der Waals surface area contributed by atoms with Crippen LogP contribution >= 0.6 is 0 Å². The number of carbonyl (C=O) groups excluding carboxylic acids is 1. The number of rotatable bonds is 5. The summed E-state index contributed by atoms with van der Waals surface area (Å²) in [7, 11) is 1.88. The third-order valence-electron chi connectivity index (χ3n) is 6.44. The predicted octanol–water partition coefficient (Wildman–Crippen LogP) is 2.58. The molecule has 1 amide bonds. The zero-order chi connectivity index (χ0) is 22.6. The van der Waals surface area contributed by atoms with E-state index in [-0.39, 0.29) is 24.9 Å². The van der Waals surface area contributed by atoms with Gasteiger partial charge in [-0.2, -0.15) is 10.1 Å². The smallest absolute Gasteiger partial charge is 0.249 e. The predicted molar refractivity (Wildman–Crippen MR) is 111 cm³/mol. The molecule has 0 N–H and O–H groups in total. The minimum atomic E-state index is -2.70. The van der Waals surface area contributed by atoms with Crippen molar-refractivity contribution < 1.29 is 18.3 Å². The Kier molecular flexibility index (Phi) is 4.86. The second-order valence-corrected chi connectivity index (χ2v) is 8.58. The van der Waals surface area contributed by atoms with E-state index < -0.39 is 11.8 Å². The van der Waals surface area contributed by atoms with E-state index in [2.05, 4.69) is 15.1 Å². The molecule has 0 bridgehead atoms. The van der Waals surface area contributed by atoms with E-state index in [9.17, 15) is 13.6 Å². The molecule has 1 aliphatic heterocycles. The van der Waals surface area contributed by atoms with Crippen LogP contribution in [-0.2, 0) is 18.4 Å². The maximum Gasteiger partial charge on any atom is 0.249 e. The van der Waals surface area contributed by atoms with Crippen molar-refractivity contribution in [2.24, 2.45) is 13.0 Å². The van der Waals surface area contributed by atoms with Crippen LogP contribution in [0.4, 0.5) is 8.78 Å². The summed E-state index contributed by atoms with van der Waals surface area (Å²) in [6, 6.07) is 0. The van der Waals surface area contributed by atoms with Gasteiger partial charge in [0.25, 0.3) is 0 Å². The molecule has 1 saturated carbocycles. The molecule has 9 nitrogen and oxygen atoms in total. The van der Waals surface area contributed by atoms with Gasteiger partial charge in [-0.05, 0) is 13.8 Å². The van der Waals surface area contributed by atoms with Crippen LogP contribution in [0.3, 0.4) is 0 Å². The van der Waals surface area contributed by atoms with Crippen molar-refractivity contribution in [3.8, 4) is 17.3 Å². The minimum absolute atomic E-state index is 0.210. The number of alkyl halides is 2. The van der Waals surface area contributed by atoms with Gasteiger partial charge in [0.1, 0.15) is 18.3 Å². The number of halogens is 2. The van der Waals surface area contributed by atoms with E-state index >= 15 is 0 Å². The quantitative estimate of drug-likeness (QED) is 0.600. The minimum Gasteiger partial charge on any atom is -0.471 e. The third-order valence-corrected chi connectivity index (χ3v) is 6.44. The van der Waals surface area contributed by atoms with Crippen LogP contribution in [0.1, 0.15) is 31.9 Å². The first-order chi connectivity index (χ1) is 15.3. The molecule has 2 fully saturated rings. The number of aryl methyl sites for hydroxylation is 2. The van der Waals surface area contributed by atoms with Gasteiger partial charge < -0.3 is 14.2 Å². The molecule has 3 aromatic heterocycles. The Morgan fingerprint density at radius 3 is 2.78 bits per heavy atom. The lowest BCUT2D eigenvalue weighted by Gasteiger charge is -2.36. The van der Waals surface area contributed by atoms with Gasteiger partial charge in [0, 0.05) is 51.0 Å². The second-order valence-electron chi connectivity index (χ2n) is 8.58. The summed E-state index contributed by atoms with van der Waals surface area (Å²) in [6.07, 6.45) is 2.85. The van der Waals surface area contributed by atoms with Crippen molar-refractivity contribution in [3.05, 3.63) is 18.2 Å². The van der Waals surface area contributed by atoms with Gasteiger partial charge in [-0.15, -0.1) is 0 Å². The molecule has 170 valence electrons. The first-order valence-electron chi connectivity index (χ1n) is 10.8. The summed E-state index contributed by atoms with van der Waals surface area (Å²) >= 11 is 0. The summed E-state index contributed by atoms with van der Waals surface area (Å²) in [5.74, 6) is -2.42. The molecule has 1 saturated heterocycles. The van der Waals surface area contributed by atoms with Gasteiger partial charge in [0.15, 0.2) is 11.2 Å². The Morgan fingerprint density at radius 1 is 1.31 bits per heavy atom. The molecule has 2 aliphatic rings. The number of imidazole rings is 1. The summed E-state index contributed by atoms with van der Waals surface area (Å²) < 4.78 is 36.2. The van der Waals surface area contributed by atoms with Gasteiger partial charge >= 0.3 is 0 Å². The number of carbonyl (C=O) groups is 1. The van der Waals surface area contributed by atoms with Crippen LogP contribution in [0.15, 0.2) is 12.5 Å². The molecule has 0 spiro atoms. The molecular formula is C21H25F2N7O2. The Balaban J connectivity index is 1.35. The Bertz CT molecular complexity index is 1180. The zero-order valence-corrected chi connectivity index (χ0v) is 18.3. The highest BCUT2D eigenvalue weighted by Gasteiger charge is 2.50. The number of hydrogen-bond acceptors (Lipinski definition) is 6. The van der Waals surface area contributed by atoms with Crippen LogP contribution in [0.5, 0.6) is 5.88 Å². The molecule has 3 aromatic rings. The highest BCUT2D eigenvalue weighted by molar-refractivity contribution is 5.82. The molecule has 11 heteroatoms. The Morgan fingerprint density at radius 2 is 2.09 bits per heavy atom. The summed E-state index contributed by atoms with van der Waals surface area (Å²) in [5, 5.41) is 4.40. The Labute approximate surface area is 183 Å². The van der Waals surface area contributed by atoms with Gasteiger partial charge in [-0.1, -0.05) is 0 Å². The van der Waals surface area contributed by atoms with E-state index in [0.29, 0.717) is 36.6 Å². The molecule has 1 aliphatic carbocycles. The van der Waals surface area contributed by atoms with Crippen LogP contribution in [-0.4, -0.2) is 65.2 Å². The van der Waals surface area contributed by atoms with Crippen molar-refractivity contribution in [2.75, 3.05) is 13.1 Å². The number of fused-ring (bicyclic) bond motifs is 1. The highest BCUT2D eigenvalue weighted by Crippen LogP contribution is 2.43. The fourth-order valence-electron chi connectivity index (χ4n) is 4.57. The third kappa shape index (κ3) is 3.39. The molecule has 32 heavy (non-hydrogen) atoms. The normalized spacial score (nSPS) is 20.7. The molecule has 0 aromatic carbocycles. The first-order valence-corrected chi connectivity index (χ1v) is 10.8. The average Bonchev–Trinajstić information content (AvgIpc) is 3.44. The van der Waals surface area contributed by atoms with Gasteiger partial charge in [0.2, 0.25) is 17.7 Å². The van der Waals surface area contributed by atoms with Crippen molar-refractivity contribution in [1.82, 2.24) is 34.2 Å². The molecule has 0 radical (unpaired) electrons. The van der Waals surface area contributed by atoms with Crippen molar-refractivity contribution in [3.63, 3.8) is 0 Å². The maximum absolute atomic E-state index is 13.1. The van der Waals surface area contributed by atoms with Crippen molar-refractivity contribution >= 4 is 17.1 Å². The lowest BCUT2D eigenvalue weighted by atomic mass is 9.80. The monoisotopic (exact) mass is 445 g/mol. The number of likely N-dealkylation sites (tertiary alicyclic amines) is 1. The zero-order valence-electron chi connectivity index (χ0n) is 18.3. The SMILES string of the molecule is CCn1ncc(-c2nc3c(O[C@H]4CCN(C(=O)C5CC(F)(F)C5)C4)ncnc3n2C)c1C. The number of amides is 1. The molecule has 1 atom stereocenters. The number of aromatic nitrogens is 6. The van der Waals surface area contributed by atoms with E-state index in [4.69, 9.17) is 9.72 Å². The molecule has 0 unspecified atom stereocenters. The first kappa shape index (κ1) is 20.8. The fraction of sp³-hybridized carbons (Fsp3) is 0.571. The Hall–Kier alpha value is -3.11. The van der Waals surface area contributed by atoms with Crippen molar-refractivity contribution in [1.29, 1.82) is 0 Å². The summed E-state index contributed by atoms with van der Waals surface area (Å²) in [6.45, 7) is 5.63. The molecular weight excluding hydrogens is 420 g/mol. The fourth-order valence-corrected chi connectivity index (χ4v) is 4.57. The lowest BCUT2D eigenvalue weighted by Crippen LogP contribution is -2.46. The molecule has 5 rings (SSSR count). The molecule has 4 heterocycles. The number of ether oxygens (including phenoxy) is 1. The largest absolute Gasteiger partial charge is 0.471 e. The van der Waals surface area contributed by atoms with E-state index in [1.165, 1.54) is 6.33 Å². The standard InChI is InChI=1S/C21H25F2N7O2/c1-4-30-12(2)15(9-26-30)17-27-16-18(28(17)3)24-11-25-19(16)32-14-5-6-29(10-14)20(31)13-7-21(22,23)8-13/h9,11,13-14H,4-8,10H2,1-3H3/t14-/m0/s1. The van der Waals surface area contributed by atoms with Crippen LogP contribution in [0, 0.1) is 12.8 Å². The lowest BCUT2D eigenvalue weighted by molar-refractivity contribution is -0.159. The topological polar surface area (TPSA) is 91.0 Å². The van der Waals surface area contributed by atoms with E-state index in [1.54, 1.807) is 11.1 Å². The summed E-state index contributed by atoms with van der Waals surface area (Å²) in [4.78, 5) is 27.5. The number of hydrogen-bond donors (Lipinski definition) is 0. The van der Waals surface area contributed by atoms with Crippen molar-refractivity contribution in [2.45, 2.75) is 51.7 Å². The van der Waals surface area contributed by atoms with Gasteiger partial charge in [0.05, 0.1) is 18.3 Å². The van der Waals surface area contributed by atoms with Crippen LogP contribution < -0.4 is 4.74 Å². The second kappa shape index (κ2) is 7.49.